The Kier molecular flexibility index (Phi) is 6.68. The lowest BCUT2D eigenvalue weighted by Gasteiger charge is -2.17. The van der Waals surface area contributed by atoms with Crippen LogP contribution in [0.1, 0.15) is 32.3 Å². The fourth-order valence-corrected chi connectivity index (χ4v) is 3.76. The van der Waals surface area contributed by atoms with Crippen LogP contribution in [-0.4, -0.2) is 18.7 Å². The average molecular weight is 463 g/mol. The van der Waals surface area contributed by atoms with Crippen LogP contribution in [0.2, 0.25) is 0 Å². The minimum Gasteiger partial charge on any atom is -0.454 e. The topological polar surface area (TPSA) is 77.4 Å². The number of halogens is 2. The molecule has 0 atom stereocenters. The minimum atomic E-state index is -3.54. The minimum absolute atomic E-state index is 0.0608. The van der Waals surface area contributed by atoms with Gasteiger partial charge in [0, 0.05) is 41.7 Å². The maximum atomic E-state index is 14.2. The molecule has 3 rings (SSSR count). The number of pyridine rings is 1. The highest BCUT2D eigenvalue weighted by molar-refractivity contribution is 7.92. The lowest BCUT2D eigenvalue weighted by atomic mass is 9.99. The molecule has 0 aliphatic heterocycles. The molecule has 0 spiro atoms. The second kappa shape index (κ2) is 9.12. The number of benzene rings is 2. The highest BCUT2D eigenvalue weighted by Crippen LogP contribution is 2.37. The number of hydrogen-bond donors (Lipinski definition) is 1. The molecule has 9 heteroatoms. The Labute approximate surface area is 185 Å². The van der Waals surface area contributed by atoms with E-state index < -0.39 is 21.7 Å². The summed E-state index contributed by atoms with van der Waals surface area (Å²) in [7, 11) is -1.93. The van der Waals surface area contributed by atoms with Crippen molar-refractivity contribution in [1.82, 2.24) is 4.57 Å². The summed E-state index contributed by atoms with van der Waals surface area (Å²) < 4.78 is 61.2. The molecule has 1 aromatic heterocycles. The quantitative estimate of drug-likeness (QED) is 0.536. The van der Waals surface area contributed by atoms with Crippen molar-refractivity contribution >= 4 is 15.7 Å². The van der Waals surface area contributed by atoms with Gasteiger partial charge in [-0.1, -0.05) is 13.8 Å². The van der Waals surface area contributed by atoms with Gasteiger partial charge in [0.25, 0.3) is 5.56 Å². The van der Waals surface area contributed by atoms with Crippen LogP contribution in [0, 0.1) is 11.6 Å². The van der Waals surface area contributed by atoms with E-state index in [9.17, 15) is 22.0 Å². The first-order valence-corrected chi connectivity index (χ1v) is 11.6. The van der Waals surface area contributed by atoms with E-state index in [0.717, 1.165) is 6.07 Å². The molecular formula is C23H24F2N2O4S. The standard InChI is InChI=1S/C23H24F2N2O4S/c1-5-32(29,30)26-17-7-9-21(31-22-8-6-16(24)11-20(22)25)19(12-17)15-10-18(14(2)3)23(28)27(4)13-15/h6-14,26H,5H2,1-4H3. The van der Waals surface area contributed by atoms with E-state index in [1.54, 1.807) is 25.4 Å². The molecule has 2 aromatic carbocycles. The monoisotopic (exact) mass is 462 g/mol. The molecule has 3 aromatic rings. The van der Waals surface area contributed by atoms with E-state index in [1.807, 2.05) is 13.8 Å². The Hall–Kier alpha value is -3.20. The van der Waals surface area contributed by atoms with Gasteiger partial charge in [-0.2, -0.15) is 0 Å². The molecule has 0 aliphatic rings. The summed E-state index contributed by atoms with van der Waals surface area (Å²) >= 11 is 0. The molecular weight excluding hydrogens is 438 g/mol. The lowest BCUT2D eigenvalue weighted by Crippen LogP contribution is -2.21. The van der Waals surface area contributed by atoms with Crippen molar-refractivity contribution in [3.05, 3.63) is 76.2 Å². The van der Waals surface area contributed by atoms with E-state index >= 15 is 0 Å². The SMILES string of the molecule is CCS(=O)(=O)Nc1ccc(Oc2ccc(F)cc2F)c(-c2cc(C(C)C)c(=O)n(C)c2)c1. The molecule has 0 radical (unpaired) electrons. The Morgan fingerprint density at radius 2 is 1.75 bits per heavy atom. The molecule has 0 saturated carbocycles. The number of nitrogens with one attached hydrogen (secondary N) is 1. The number of aryl methyl sites for hydroxylation is 1. The molecule has 1 N–H and O–H groups in total. The van der Waals surface area contributed by atoms with Crippen LogP contribution in [0.4, 0.5) is 14.5 Å². The van der Waals surface area contributed by atoms with Gasteiger partial charge in [-0.05, 0) is 49.2 Å². The van der Waals surface area contributed by atoms with Crippen molar-refractivity contribution in [3.8, 4) is 22.6 Å². The largest absolute Gasteiger partial charge is 0.454 e. The number of ether oxygens (including phenoxy) is 1. The fourth-order valence-electron chi connectivity index (χ4n) is 3.13. The van der Waals surface area contributed by atoms with Gasteiger partial charge in [0.2, 0.25) is 10.0 Å². The summed E-state index contributed by atoms with van der Waals surface area (Å²) in [6.45, 7) is 5.29. The number of rotatable bonds is 7. The molecule has 0 aliphatic carbocycles. The van der Waals surface area contributed by atoms with E-state index in [2.05, 4.69) is 4.72 Å². The predicted octanol–water partition coefficient (Wildman–Crippen LogP) is 5.01. The van der Waals surface area contributed by atoms with E-state index in [-0.39, 0.29) is 34.4 Å². The van der Waals surface area contributed by atoms with Gasteiger partial charge in [-0.15, -0.1) is 0 Å². The van der Waals surface area contributed by atoms with Crippen LogP contribution >= 0.6 is 0 Å². The van der Waals surface area contributed by atoms with Gasteiger partial charge >= 0.3 is 0 Å². The zero-order valence-electron chi connectivity index (χ0n) is 18.1. The molecule has 0 amide bonds. The van der Waals surface area contributed by atoms with Gasteiger partial charge in [0.1, 0.15) is 11.6 Å². The Morgan fingerprint density at radius 3 is 2.38 bits per heavy atom. The first kappa shape index (κ1) is 23.5. The average Bonchev–Trinajstić information content (AvgIpc) is 2.72. The third kappa shape index (κ3) is 5.16. The van der Waals surface area contributed by atoms with Crippen molar-refractivity contribution in [2.45, 2.75) is 26.7 Å². The maximum absolute atomic E-state index is 14.2. The second-order valence-electron chi connectivity index (χ2n) is 7.65. The molecule has 170 valence electrons. The van der Waals surface area contributed by atoms with Crippen molar-refractivity contribution in [1.29, 1.82) is 0 Å². The summed E-state index contributed by atoms with van der Waals surface area (Å²) in [6, 6.07) is 9.18. The first-order chi connectivity index (χ1) is 15.0. The third-order valence-corrected chi connectivity index (χ3v) is 6.20. The molecule has 0 bridgehead atoms. The predicted molar refractivity (Wildman–Crippen MR) is 121 cm³/mol. The number of nitrogens with zero attached hydrogens (tertiary/aromatic N) is 1. The third-order valence-electron chi connectivity index (χ3n) is 4.89. The van der Waals surface area contributed by atoms with Crippen molar-refractivity contribution in [2.75, 3.05) is 10.5 Å². The zero-order valence-corrected chi connectivity index (χ0v) is 19.0. The molecule has 0 saturated heterocycles. The van der Waals surface area contributed by atoms with Crippen molar-refractivity contribution in [2.24, 2.45) is 7.05 Å². The zero-order chi connectivity index (χ0) is 23.6. The van der Waals surface area contributed by atoms with Gasteiger partial charge in [0.05, 0.1) is 5.75 Å². The van der Waals surface area contributed by atoms with Gasteiger partial charge in [-0.3, -0.25) is 9.52 Å². The number of anilines is 1. The smallest absolute Gasteiger partial charge is 0.253 e. The van der Waals surface area contributed by atoms with Crippen LogP contribution in [0.5, 0.6) is 11.5 Å². The summed E-state index contributed by atoms with van der Waals surface area (Å²) in [4.78, 5) is 12.5. The molecule has 0 fully saturated rings. The van der Waals surface area contributed by atoms with Gasteiger partial charge in [-0.25, -0.2) is 17.2 Å². The Bertz CT molecular complexity index is 1320. The van der Waals surface area contributed by atoms with Crippen LogP contribution in [0.15, 0.2) is 53.5 Å². The normalized spacial score (nSPS) is 11.6. The van der Waals surface area contributed by atoms with Crippen LogP contribution in [0.25, 0.3) is 11.1 Å². The van der Waals surface area contributed by atoms with E-state index in [1.165, 1.54) is 29.7 Å². The van der Waals surface area contributed by atoms with E-state index in [4.69, 9.17) is 4.74 Å². The van der Waals surface area contributed by atoms with Crippen LogP contribution in [-0.2, 0) is 17.1 Å². The van der Waals surface area contributed by atoms with Crippen LogP contribution < -0.4 is 15.0 Å². The van der Waals surface area contributed by atoms with Crippen molar-refractivity contribution in [3.63, 3.8) is 0 Å². The summed E-state index contributed by atoms with van der Waals surface area (Å²) in [6.07, 6.45) is 1.59. The van der Waals surface area contributed by atoms with Gasteiger partial charge in [0.15, 0.2) is 11.6 Å². The summed E-state index contributed by atoms with van der Waals surface area (Å²) in [5.41, 5.74) is 1.70. The van der Waals surface area contributed by atoms with Crippen molar-refractivity contribution < 1.29 is 21.9 Å². The van der Waals surface area contributed by atoms with Crippen LogP contribution in [0.3, 0.4) is 0 Å². The summed E-state index contributed by atoms with van der Waals surface area (Å²) in [5, 5.41) is 0. The Morgan fingerprint density at radius 1 is 1.06 bits per heavy atom. The second-order valence-corrected chi connectivity index (χ2v) is 9.66. The highest BCUT2D eigenvalue weighted by Gasteiger charge is 2.17. The van der Waals surface area contributed by atoms with Gasteiger partial charge < -0.3 is 9.30 Å². The number of aromatic nitrogens is 1. The lowest BCUT2D eigenvalue weighted by molar-refractivity contribution is 0.439. The molecule has 6 nitrogen and oxygen atoms in total. The number of sulfonamides is 1. The molecule has 0 unspecified atom stereocenters. The molecule has 1 heterocycles. The number of hydrogen-bond acceptors (Lipinski definition) is 4. The maximum Gasteiger partial charge on any atom is 0.253 e. The summed E-state index contributed by atoms with van der Waals surface area (Å²) in [5.74, 6) is -1.77. The van der Waals surface area contributed by atoms with E-state index in [0.29, 0.717) is 22.8 Å². The Balaban J connectivity index is 2.19. The fraction of sp³-hybridized carbons (Fsp3) is 0.261. The first-order valence-electron chi connectivity index (χ1n) is 9.99. The highest BCUT2D eigenvalue weighted by atomic mass is 32.2. The molecule has 32 heavy (non-hydrogen) atoms.